The molecule has 6 nitrogen and oxygen atoms in total. The van der Waals surface area contributed by atoms with E-state index >= 15 is 0 Å². The number of hydrogen-bond donors (Lipinski definition) is 1. The molecule has 2 unspecified atom stereocenters. The number of carbonyl (C=O) groups excluding carboxylic acids is 2. The van der Waals surface area contributed by atoms with Gasteiger partial charge in [0, 0.05) is 16.8 Å². The standard InChI is InChI=1S/C20H17NO5/c1-3-26-19(25)20-14-9-8-11(2)10-13(14)17(22)21(20)15-7-5-4-6-12(15)16(20)18(23)24/h4-10,16H,3H2,1-2H3,(H,23,24). The van der Waals surface area contributed by atoms with E-state index in [1.807, 2.05) is 6.92 Å². The molecule has 0 spiro atoms. The number of nitrogens with zero attached hydrogens (tertiary/aromatic N) is 1. The monoisotopic (exact) mass is 351 g/mol. The van der Waals surface area contributed by atoms with Crippen LogP contribution in [-0.2, 0) is 19.9 Å². The number of aryl methyl sites for hydroxylation is 1. The van der Waals surface area contributed by atoms with Gasteiger partial charge in [0.25, 0.3) is 5.91 Å². The quantitative estimate of drug-likeness (QED) is 0.860. The minimum absolute atomic E-state index is 0.0898. The number of amides is 1. The number of aliphatic carboxylic acids is 1. The van der Waals surface area contributed by atoms with Crippen LogP contribution in [0.4, 0.5) is 5.69 Å². The molecule has 2 aromatic rings. The average Bonchev–Trinajstić information content (AvgIpc) is 3.05. The fourth-order valence-corrected chi connectivity index (χ4v) is 4.18. The van der Waals surface area contributed by atoms with E-state index in [1.54, 1.807) is 49.4 Å². The number of esters is 1. The number of para-hydroxylation sites is 1. The van der Waals surface area contributed by atoms with Crippen LogP contribution in [-0.4, -0.2) is 29.6 Å². The maximum atomic E-state index is 13.2. The number of carbonyl (C=O) groups is 3. The van der Waals surface area contributed by atoms with Crippen LogP contribution in [0.1, 0.15) is 39.9 Å². The molecule has 0 saturated carbocycles. The highest BCUT2D eigenvalue weighted by molar-refractivity contribution is 6.21. The zero-order valence-electron chi connectivity index (χ0n) is 14.4. The van der Waals surface area contributed by atoms with E-state index in [2.05, 4.69) is 0 Å². The lowest BCUT2D eigenvalue weighted by atomic mass is 9.77. The van der Waals surface area contributed by atoms with Crippen LogP contribution in [0.2, 0.25) is 0 Å². The molecule has 1 amide bonds. The normalized spacial score (nSPS) is 22.6. The van der Waals surface area contributed by atoms with E-state index in [-0.39, 0.29) is 12.5 Å². The van der Waals surface area contributed by atoms with Crippen molar-refractivity contribution >= 4 is 23.5 Å². The Hall–Kier alpha value is -3.15. The van der Waals surface area contributed by atoms with Gasteiger partial charge in [0.15, 0.2) is 5.54 Å². The first-order valence-electron chi connectivity index (χ1n) is 8.39. The average molecular weight is 351 g/mol. The van der Waals surface area contributed by atoms with Gasteiger partial charge in [-0.2, -0.15) is 0 Å². The summed E-state index contributed by atoms with van der Waals surface area (Å²) in [6.07, 6.45) is 0. The molecule has 2 aliphatic rings. The zero-order valence-corrected chi connectivity index (χ0v) is 14.4. The van der Waals surface area contributed by atoms with Crippen LogP contribution < -0.4 is 4.90 Å². The predicted octanol–water partition coefficient (Wildman–Crippen LogP) is 2.60. The van der Waals surface area contributed by atoms with Gasteiger partial charge < -0.3 is 9.84 Å². The van der Waals surface area contributed by atoms with Crippen molar-refractivity contribution in [3.63, 3.8) is 0 Å². The van der Waals surface area contributed by atoms with Gasteiger partial charge in [0.2, 0.25) is 0 Å². The summed E-state index contributed by atoms with van der Waals surface area (Å²) in [7, 11) is 0. The summed E-state index contributed by atoms with van der Waals surface area (Å²) >= 11 is 0. The molecule has 0 aromatic heterocycles. The summed E-state index contributed by atoms with van der Waals surface area (Å²) < 4.78 is 5.28. The zero-order chi connectivity index (χ0) is 18.6. The predicted molar refractivity (Wildman–Crippen MR) is 93.1 cm³/mol. The molecule has 0 bridgehead atoms. The lowest BCUT2D eigenvalue weighted by Crippen LogP contribution is -2.52. The highest BCUT2D eigenvalue weighted by Gasteiger charge is 2.68. The second-order valence-corrected chi connectivity index (χ2v) is 6.51. The molecule has 6 heteroatoms. The van der Waals surface area contributed by atoms with Crippen molar-refractivity contribution in [1.29, 1.82) is 0 Å². The fraction of sp³-hybridized carbons (Fsp3) is 0.250. The molecule has 0 saturated heterocycles. The van der Waals surface area contributed by atoms with Crippen LogP contribution in [0.5, 0.6) is 0 Å². The molecular formula is C20H17NO5. The highest BCUT2D eigenvalue weighted by atomic mass is 16.5. The molecule has 26 heavy (non-hydrogen) atoms. The second-order valence-electron chi connectivity index (χ2n) is 6.51. The lowest BCUT2D eigenvalue weighted by molar-refractivity contribution is -0.155. The Labute approximate surface area is 150 Å². The number of benzene rings is 2. The first kappa shape index (κ1) is 16.3. The molecule has 0 radical (unpaired) electrons. The van der Waals surface area contributed by atoms with Crippen molar-refractivity contribution in [2.24, 2.45) is 0 Å². The summed E-state index contributed by atoms with van der Waals surface area (Å²) in [6, 6.07) is 11.9. The van der Waals surface area contributed by atoms with Crippen LogP contribution in [0, 0.1) is 6.92 Å². The maximum absolute atomic E-state index is 13.2. The van der Waals surface area contributed by atoms with Crippen molar-refractivity contribution in [2.75, 3.05) is 11.5 Å². The fourth-order valence-electron chi connectivity index (χ4n) is 4.18. The van der Waals surface area contributed by atoms with E-state index in [1.165, 1.54) is 4.90 Å². The Kier molecular flexibility index (Phi) is 3.41. The minimum atomic E-state index is -1.72. The maximum Gasteiger partial charge on any atom is 0.338 e. The summed E-state index contributed by atoms with van der Waals surface area (Å²) in [5.41, 5.74) is 0.747. The molecular weight excluding hydrogens is 334 g/mol. The number of rotatable bonds is 3. The Balaban J connectivity index is 2.10. The Morgan fingerprint density at radius 3 is 2.65 bits per heavy atom. The van der Waals surface area contributed by atoms with E-state index in [4.69, 9.17) is 4.74 Å². The van der Waals surface area contributed by atoms with Gasteiger partial charge in [0.1, 0.15) is 5.92 Å². The van der Waals surface area contributed by atoms with Crippen molar-refractivity contribution in [3.05, 3.63) is 64.7 Å². The summed E-state index contributed by atoms with van der Waals surface area (Å²) in [5.74, 6) is -3.51. The van der Waals surface area contributed by atoms with Gasteiger partial charge in [-0.05, 0) is 31.5 Å². The van der Waals surface area contributed by atoms with Crippen molar-refractivity contribution in [1.82, 2.24) is 0 Å². The van der Waals surface area contributed by atoms with Crippen LogP contribution in [0.25, 0.3) is 0 Å². The topological polar surface area (TPSA) is 83.9 Å². The third kappa shape index (κ3) is 1.78. The Morgan fingerprint density at radius 2 is 1.96 bits per heavy atom. The molecule has 0 aliphatic carbocycles. The van der Waals surface area contributed by atoms with Crippen LogP contribution >= 0.6 is 0 Å². The van der Waals surface area contributed by atoms with Crippen molar-refractivity contribution in [2.45, 2.75) is 25.3 Å². The smallest absolute Gasteiger partial charge is 0.338 e. The molecule has 132 valence electrons. The van der Waals surface area contributed by atoms with E-state index in [9.17, 15) is 19.5 Å². The first-order valence-corrected chi connectivity index (χ1v) is 8.39. The summed E-state index contributed by atoms with van der Waals surface area (Å²) in [5, 5.41) is 10.0. The van der Waals surface area contributed by atoms with Gasteiger partial charge in [-0.15, -0.1) is 0 Å². The van der Waals surface area contributed by atoms with Crippen LogP contribution in [0.15, 0.2) is 42.5 Å². The third-order valence-electron chi connectivity index (χ3n) is 5.11. The molecule has 2 atom stereocenters. The molecule has 2 aliphatic heterocycles. The largest absolute Gasteiger partial charge is 0.481 e. The molecule has 4 rings (SSSR count). The second kappa shape index (κ2) is 5.42. The van der Waals surface area contributed by atoms with Gasteiger partial charge in [-0.1, -0.05) is 35.9 Å². The third-order valence-corrected chi connectivity index (χ3v) is 5.11. The van der Waals surface area contributed by atoms with Gasteiger partial charge in [-0.25, -0.2) is 4.79 Å². The number of hydrogen-bond acceptors (Lipinski definition) is 4. The number of carboxylic acids is 1. The Morgan fingerprint density at radius 1 is 1.23 bits per heavy atom. The van der Waals surface area contributed by atoms with Crippen LogP contribution in [0.3, 0.4) is 0 Å². The summed E-state index contributed by atoms with van der Waals surface area (Å²) in [6.45, 7) is 3.59. The molecule has 0 fully saturated rings. The van der Waals surface area contributed by atoms with Crippen molar-refractivity contribution in [3.8, 4) is 0 Å². The van der Waals surface area contributed by atoms with Gasteiger partial charge in [0.05, 0.1) is 6.61 Å². The van der Waals surface area contributed by atoms with Gasteiger partial charge >= 0.3 is 11.9 Å². The molecule has 2 aromatic carbocycles. The Bertz CT molecular complexity index is 966. The lowest BCUT2D eigenvalue weighted by Gasteiger charge is -2.33. The molecule has 2 heterocycles. The minimum Gasteiger partial charge on any atom is -0.481 e. The number of fused-ring (bicyclic) bond motifs is 5. The number of anilines is 1. The summed E-state index contributed by atoms with van der Waals surface area (Å²) in [4.78, 5) is 39.9. The highest BCUT2D eigenvalue weighted by Crippen LogP contribution is 2.58. The van der Waals surface area contributed by atoms with E-state index < -0.39 is 23.4 Å². The number of carboxylic acid groups (broad SMARTS) is 1. The first-order chi connectivity index (χ1) is 12.4. The SMILES string of the molecule is CCOC(=O)C12c3ccc(C)cc3C(=O)N1c1ccccc1C2C(=O)O. The van der Waals surface area contributed by atoms with E-state index in [0.717, 1.165) is 5.56 Å². The van der Waals surface area contributed by atoms with E-state index in [0.29, 0.717) is 22.4 Å². The molecule has 1 N–H and O–H groups in total. The van der Waals surface area contributed by atoms with Gasteiger partial charge in [-0.3, -0.25) is 14.5 Å². The van der Waals surface area contributed by atoms with Crippen molar-refractivity contribution < 1.29 is 24.2 Å². The number of ether oxygens (including phenoxy) is 1.